The summed E-state index contributed by atoms with van der Waals surface area (Å²) in [6.07, 6.45) is 0.106. The third kappa shape index (κ3) is 2.99. The quantitative estimate of drug-likeness (QED) is 0.601. The Hall–Kier alpha value is 0.511. The van der Waals surface area contributed by atoms with Crippen molar-refractivity contribution >= 4 is 60.8 Å². The topological polar surface area (TPSA) is 74.6 Å². The van der Waals surface area contributed by atoms with E-state index in [1.165, 1.54) is 0 Å². The second-order valence-corrected chi connectivity index (χ2v) is 3.09. The fraction of sp³-hybridized carbons (Fsp3) is 0.750. The third-order valence-electron chi connectivity index (χ3n) is 2.31. The molecule has 0 fully saturated rings. The molecular formula is C8H16BaO4. The van der Waals surface area contributed by atoms with E-state index in [0.717, 1.165) is 0 Å². The SMILES string of the molecule is CCC(C(=O)O)(C(=O)O)C(C)C.[Ba+2].[H-].[H-]. The summed E-state index contributed by atoms with van der Waals surface area (Å²) in [6.45, 7) is 4.78. The Morgan fingerprint density at radius 1 is 1.31 bits per heavy atom. The van der Waals surface area contributed by atoms with Gasteiger partial charge in [-0.3, -0.25) is 9.59 Å². The summed E-state index contributed by atoms with van der Waals surface area (Å²) in [7, 11) is 0. The normalized spacial score (nSPS) is 10.8. The van der Waals surface area contributed by atoms with Gasteiger partial charge in [0.1, 0.15) is 0 Å². The molecule has 0 aromatic rings. The van der Waals surface area contributed by atoms with Gasteiger partial charge in [-0.05, 0) is 12.3 Å². The van der Waals surface area contributed by atoms with Crippen molar-refractivity contribution in [2.24, 2.45) is 11.3 Å². The van der Waals surface area contributed by atoms with Gasteiger partial charge in [0.15, 0.2) is 5.41 Å². The molecule has 0 unspecified atom stereocenters. The first-order chi connectivity index (χ1) is 5.39. The minimum atomic E-state index is -1.63. The van der Waals surface area contributed by atoms with E-state index in [4.69, 9.17) is 10.2 Å². The summed E-state index contributed by atoms with van der Waals surface area (Å²) in [5, 5.41) is 17.6. The molecule has 0 saturated carbocycles. The Bertz CT molecular complexity index is 195. The van der Waals surface area contributed by atoms with Crippen molar-refractivity contribution in [1.82, 2.24) is 0 Å². The Labute approximate surface area is 121 Å². The Kier molecular flexibility index (Phi) is 7.47. The van der Waals surface area contributed by atoms with Gasteiger partial charge in [-0.2, -0.15) is 0 Å². The van der Waals surface area contributed by atoms with E-state index in [1.54, 1.807) is 20.8 Å². The summed E-state index contributed by atoms with van der Waals surface area (Å²) in [5.41, 5.74) is -1.63. The van der Waals surface area contributed by atoms with Crippen molar-refractivity contribution in [3.63, 3.8) is 0 Å². The van der Waals surface area contributed by atoms with Crippen LogP contribution in [0.5, 0.6) is 0 Å². The van der Waals surface area contributed by atoms with Crippen LogP contribution >= 0.6 is 0 Å². The minimum absolute atomic E-state index is 0. The average Bonchev–Trinajstić information content (AvgIpc) is 1.86. The van der Waals surface area contributed by atoms with Crippen LogP contribution in [0.3, 0.4) is 0 Å². The van der Waals surface area contributed by atoms with Crippen molar-refractivity contribution in [2.75, 3.05) is 0 Å². The predicted octanol–water partition coefficient (Wildman–Crippen LogP) is 1.05. The molecule has 13 heavy (non-hydrogen) atoms. The van der Waals surface area contributed by atoms with Gasteiger partial charge in [-0.15, -0.1) is 0 Å². The fourth-order valence-corrected chi connectivity index (χ4v) is 1.30. The monoisotopic (exact) mass is 314 g/mol. The van der Waals surface area contributed by atoms with Gasteiger partial charge in [0.05, 0.1) is 0 Å². The number of aliphatic carboxylic acids is 2. The molecule has 5 heteroatoms. The van der Waals surface area contributed by atoms with Gasteiger partial charge in [0, 0.05) is 0 Å². The van der Waals surface area contributed by atoms with Crippen LogP contribution < -0.4 is 0 Å². The zero-order valence-electron chi connectivity index (χ0n) is 10.2. The summed E-state index contributed by atoms with van der Waals surface area (Å²) in [6, 6.07) is 0. The molecule has 0 aromatic heterocycles. The summed E-state index contributed by atoms with van der Waals surface area (Å²) in [5.74, 6) is -2.92. The van der Waals surface area contributed by atoms with Gasteiger partial charge >= 0.3 is 60.8 Å². The molecule has 74 valence electrons. The molecule has 0 amide bonds. The second kappa shape index (κ2) is 6.08. The molecule has 0 saturated heterocycles. The van der Waals surface area contributed by atoms with Crippen molar-refractivity contribution in [3.05, 3.63) is 0 Å². The molecule has 0 aliphatic heterocycles. The van der Waals surface area contributed by atoms with Gasteiger partial charge in [-0.25, -0.2) is 0 Å². The maximum Gasteiger partial charge on any atom is 2.00 e. The molecule has 0 spiro atoms. The average molecular weight is 314 g/mol. The fourth-order valence-electron chi connectivity index (χ4n) is 1.30. The van der Waals surface area contributed by atoms with Crippen LogP contribution in [0, 0.1) is 11.3 Å². The first kappa shape index (κ1) is 16.0. The van der Waals surface area contributed by atoms with E-state index in [1.807, 2.05) is 0 Å². The van der Waals surface area contributed by atoms with E-state index in [2.05, 4.69) is 0 Å². The molecule has 0 aromatic carbocycles. The Morgan fingerprint density at radius 3 is 1.62 bits per heavy atom. The molecule has 0 radical (unpaired) electrons. The Balaban J connectivity index is -0.000000202. The zero-order chi connectivity index (χ0) is 9.94. The zero-order valence-corrected chi connectivity index (χ0v) is 12.6. The number of hydrogen-bond acceptors (Lipinski definition) is 2. The van der Waals surface area contributed by atoms with E-state index in [-0.39, 0.29) is 58.2 Å². The van der Waals surface area contributed by atoms with Crippen LogP contribution in [0.2, 0.25) is 0 Å². The maximum atomic E-state index is 10.8. The standard InChI is InChI=1S/C8H14O4.Ba.2H/c1-4-8(5(2)3,6(9)10)7(11)12;;;/h5H,4H2,1-3H3,(H,9,10)(H,11,12);;;/q;+2;2*-1. The van der Waals surface area contributed by atoms with E-state index >= 15 is 0 Å². The minimum Gasteiger partial charge on any atom is -1.00 e. The van der Waals surface area contributed by atoms with Gasteiger partial charge in [0.2, 0.25) is 0 Å². The van der Waals surface area contributed by atoms with Crippen molar-refractivity contribution in [1.29, 1.82) is 0 Å². The van der Waals surface area contributed by atoms with Crippen LogP contribution in [-0.2, 0) is 9.59 Å². The number of carboxylic acids is 2. The van der Waals surface area contributed by atoms with Crippen LogP contribution in [0.1, 0.15) is 30.0 Å². The molecule has 4 nitrogen and oxygen atoms in total. The smallest absolute Gasteiger partial charge is 1.00 e. The second-order valence-electron chi connectivity index (χ2n) is 3.09. The van der Waals surface area contributed by atoms with Gasteiger partial charge in [0.25, 0.3) is 0 Å². The van der Waals surface area contributed by atoms with Crippen molar-refractivity contribution in [2.45, 2.75) is 27.2 Å². The van der Waals surface area contributed by atoms with Crippen LogP contribution in [0.15, 0.2) is 0 Å². The maximum absolute atomic E-state index is 10.8. The summed E-state index contributed by atoms with van der Waals surface area (Å²) < 4.78 is 0. The largest absolute Gasteiger partial charge is 2.00 e. The first-order valence-corrected chi connectivity index (χ1v) is 3.86. The molecule has 2 N–H and O–H groups in total. The predicted molar refractivity (Wildman–Crippen MR) is 50.8 cm³/mol. The van der Waals surface area contributed by atoms with Crippen LogP contribution in [0.4, 0.5) is 0 Å². The van der Waals surface area contributed by atoms with E-state index in [9.17, 15) is 9.59 Å². The molecule has 0 bridgehead atoms. The number of hydrogen-bond donors (Lipinski definition) is 2. The Morgan fingerprint density at radius 2 is 1.62 bits per heavy atom. The van der Waals surface area contributed by atoms with E-state index < -0.39 is 23.3 Å². The van der Waals surface area contributed by atoms with Crippen molar-refractivity contribution < 1.29 is 22.7 Å². The molecule has 0 rings (SSSR count). The van der Waals surface area contributed by atoms with E-state index in [0.29, 0.717) is 0 Å². The molecule has 0 aliphatic carbocycles. The van der Waals surface area contributed by atoms with Crippen LogP contribution in [0.25, 0.3) is 0 Å². The molecule has 0 aliphatic rings. The molecule has 0 atom stereocenters. The van der Waals surface area contributed by atoms with Gasteiger partial charge in [-0.1, -0.05) is 20.8 Å². The summed E-state index contributed by atoms with van der Waals surface area (Å²) >= 11 is 0. The molecular weight excluding hydrogens is 297 g/mol. The van der Waals surface area contributed by atoms with Crippen LogP contribution in [-0.4, -0.2) is 71.0 Å². The van der Waals surface area contributed by atoms with Crippen molar-refractivity contribution in [3.8, 4) is 0 Å². The summed E-state index contributed by atoms with van der Waals surface area (Å²) in [4.78, 5) is 21.5. The third-order valence-corrected chi connectivity index (χ3v) is 2.31. The van der Waals surface area contributed by atoms with Gasteiger partial charge < -0.3 is 13.1 Å². The number of rotatable bonds is 4. The number of carboxylic acid groups (broad SMARTS) is 2. The number of carbonyl (C=O) groups is 2. The first-order valence-electron chi connectivity index (χ1n) is 3.86. The molecule has 0 heterocycles.